The number of amides is 1. The van der Waals surface area contributed by atoms with Gasteiger partial charge in [0.05, 0.1) is 16.1 Å². The fraction of sp³-hybridized carbons (Fsp3) is 0.0435. The summed E-state index contributed by atoms with van der Waals surface area (Å²) in [4.78, 5) is 32.8. The van der Waals surface area contributed by atoms with Crippen LogP contribution in [-0.4, -0.2) is 22.0 Å². The summed E-state index contributed by atoms with van der Waals surface area (Å²) in [5.41, 5.74) is 4.10. The number of rotatable bonds is 8. The second-order valence-electron chi connectivity index (χ2n) is 7.07. The summed E-state index contributed by atoms with van der Waals surface area (Å²) >= 11 is 0. The first-order chi connectivity index (χ1) is 16.4. The van der Waals surface area contributed by atoms with E-state index >= 15 is 0 Å². The van der Waals surface area contributed by atoms with Crippen LogP contribution in [0.25, 0.3) is 11.0 Å². The topological polar surface area (TPSA) is 150 Å². The van der Waals surface area contributed by atoms with E-state index in [0.717, 1.165) is 5.56 Å². The molecule has 0 saturated carbocycles. The number of nitro groups is 2. The molecule has 0 aliphatic rings. The zero-order valence-corrected chi connectivity index (χ0v) is 17.4. The third-order valence-corrected chi connectivity index (χ3v) is 4.75. The molecule has 0 fully saturated rings. The van der Waals surface area contributed by atoms with Crippen LogP contribution in [0.3, 0.4) is 0 Å². The van der Waals surface area contributed by atoms with Crippen LogP contribution < -0.4 is 10.2 Å². The first kappa shape index (κ1) is 22.1. The molecular formula is C23H16N4O7. The van der Waals surface area contributed by atoms with Crippen LogP contribution in [0, 0.1) is 20.2 Å². The molecule has 0 aliphatic heterocycles. The number of carbonyl (C=O) groups excluding carboxylic acids is 1. The molecular weight excluding hydrogens is 444 g/mol. The Morgan fingerprint density at radius 3 is 2.29 bits per heavy atom. The van der Waals surface area contributed by atoms with Crippen molar-refractivity contribution in [2.75, 3.05) is 0 Å². The zero-order chi connectivity index (χ0) is 24.1. The number of hydrazone groups is 1. The van der Waals surface area contributed by atoms with Gasteiger partial charge in [-0.15, -0.1) is 0 Å². The Hall–Kier alpha value is -5.06. The molecule has 4 aromatic rings. The summed E-state index contributed by atoms with van der Waals surface area (Å²) in [5.74, 6) is -0.0308. The Bertz CT molecular complexity index is 1390. The van der Waals surface area contributed by atoms with Crippen LogP contribution >= 0.6 is 0 Å². The van der Waals surface area contributed by atoms with Crippen molar-refractivity contribution in [3.8, 4) is 5.75 Å². The third kappa shape index (κ3) is 5.22. The number of hydrogen-bond acceptors (Lipinski definition) is 8. The molecule has 11 heteroatoms. The molecule has 0 spiro atoms. The van der Waals surface area contributed by atoms with E-state index < -0.39 is 15.8 Å². The van der Waals surface area contributed by atoms with Crippen molar-refractivity contribution >= 4 is 34.5 Å². The van der Waals surface area contributed by atoms with Crippen molar-refractivity contribution < 1.29 is 23.8 Å². The van der Waals surface area contributed by atoms with Crippen LogP contribution in [0.5, 0.6) is 5.75 Å². The normalized spacial score (nSPS) is 10.9. The van der Waals surface area contributed by atoms with E-state index in [4.69, 9.17) is 9.15 Å². The maximum absolute atomic E-state index is 12.2. The SMILES string of the molecule is O=C(N/N=C/c1ccc(OCc2ccc([N+](=O)[O-])cc2)cc1)c1cc2cc([N+](=O)[O-])ccc2o1. The van der Waals surface area contributed by atoms with Gasteiger partial charge >= 0.3 is 5.91 Å². The Morgan fingerprint density at radius 1 is 0.941 bits per heavy atom. The fourth-order valence-corrected chi connectivity index (χ4v) is 3.01. The molecule has 0 atom stereocenters. The van der Waals surface area contributed by atoms with Crippen LogP contribution in [0.15, 0.2) is 82.3 Å². The molecule has 1 N–H and O–H groups in total. The highest BCUT2D eigenvalue weighted by Gasteiger charge is 2.14. The summed E-state index contributed by atoms with van der Waals surface area (Å²) < 4.78 is 11.1. The average Bonchev–Trinajstić information content (AvgIpc) is 3.27. The number of nitrogens with one attached hydrogen (secondary N) is 1. The second-order valence-corrected chi connectivity index (χ2v) is 7.07. The highest BCUT2D eigenvalue weighted by Crippen LogP contribution is 2.24. The highest BCUT2D eigenvalue weighted by molar-refractivity contribution is 5.97. The van der Waals surface area contributed by atoms with E-state index in [1.54, 1.807) is 36.4 Å². The first-order valence-electron chi connectivity index (χ1n) is 9.86. The van der Waals surface area contributed by atoms with Gasteiger partial charge in [-0.25, -0.2) is 5.43 Å². The van der Waals surface area contributed by atoms with Crippen molar-refractivity contribution in [1.29, 1.82) is 0 Å². The predicted molar refractivity (Wildman–Crippen MR) is 122 cm³/mol. The number of nitro benzene ring substituents is 2. The molecule has 1 amide bonds. The number of hydrogen-bond donors (Lipinski definition) is 1. The lowest BCUT2D eigenvalue weighted by molar-refractivity contribution is -0.385. The van der Waals surface area contributed by atoms with E-state index in [-0.39, 0.29) is 23.7 Å². The molecule has 34 heavy (non-hydrogen) atoms. The summed E-state index contributed by atoms with van der Waals surface area (Å²) in [6, 6.07) is 18.5. The number of fused-ring (bicyclic) bond motifs is 1. The molecule has 0 aliphatic carbocycles. The Labute approximate surface area is 191 Å². The molecule has 1 aromatic heterocycles. The molecule has 1 heterocycles. The number of furan rings is 1. The Kier molecular flexibility index (Phi) is 6.26. The number of ether oxygens (including phenoxy) is 1. The van der Waals surface area contributed by atoms with Crippen LogP contribution in [0.1, 0.15) is 21.7 Å². The summed E-state index contributed by atoms with van der Waals surface area (Å²) in [6.07, 6.45) is 1.44. The number of benzene rings is 3. The molecule has 0 bridgehead atoms. The van der Waals surface area contributed by atoms with Gasteiger partial charge in [-0.1, -0.05) is 0 Å². The molecule has 0 saturated heterocycles. The summed E-state index contributed by atoms with van der Waals surface area (Å²) in [7, 11) is 0. The summed E-state index contributed by atoms with van der Waals surface area (Å²) in [6.45, 7) is 0.252. The van der Waals surface area contributed by atoms with Gasteiger partial charge in [0, 0.05) is 29.7 Å². The zero-order valence-electron chi connectivity index (χ0n) is 17.4. The molecule has 4 rings (SSSR count). The maximum atomic E-state index is 12.2. The Balaban J connectivity index is 1.31. The van der Waals surface area contributed by atoms with Gasteiger partial charge < -0.3 is 9.15 Å². The van der Waals surface area contributed by atoms with Crippen molar-refractivity contribution in [2.45, 2.75) is 6.61 Å². The fourth-order valence-electron chi connectivity index (χ4n) is 3.01. The van der Waals surface area contributed by atoms with Gasteiger partial charge in [-0.2, -0.15) is 5.10 Å². The standard InChI is InChI=1S/C23H16N4O7/c28-23(22-12-17-11-19(27(31)32)7-10-21(17)34-22)25-24-13-15-3-8-20(9-4-15)33-14-16-1-5-18(6-2-16)26(29)30/h1-13H,14H2,(H,25,28)/b24-13+. The Morgan fingerprint density at radius 2 is 1.62 bits per heavy atom. The highest BCUT2D eigenvalue weighted by atomic mass is 16.6. The average molecular weight is 460 g/mol. The quantitative estimate of drug-likeness (QED) is 0.229. The van der Waals surface area contributed by atoms with Gasteiger partial charge in [0.1, 0.15) is 17.9 Å². The van der Waals surface area contributed by atoms with Crippen LogP contribution in [0.4, 0.5) is 11.4 Å². The molecule has 0 radical (unpaired) electrons. The lowest BCUT2D eigenvalue weighted by Gasteiger charge is -2.06. The van der Waals surface area contributed by atoms with E-state index in [9.17, 15) is 25.0 Å². The van der Waals surface area contributed by atoms with Gasteiger partial charge in [0.2, 0.25) is 0 Å². The predicted octanol–water partition coefficient (Wildman–Crippen LogP) is 4.59. The number of carbonyl (C=O) groups is 1. The van der Waals surface area contributed by atoms with Crippen LogP contribution in [0.2, 0.25) is 0 Å². The minimum absolute atomic E-state index is 0.0174. The minimum Gasteiger partial charge on any atom is -0.489 e. The lowest BCUT2D eigenvalue weighted by atomic mass is 10.2. The monoisotopic (exact) mass is 460 g/mol. The second kappa shape index (κ2) is 9.61. The third-order valence-electron chi connectivity index (χ3n) is 4.75. The van der Waals surface area contributed by atoms with Gasteiger partial charge in [0.25, 0.3) is 11.4 Å². The number of non-ortho nitro benzene ring substituents is 2. The molecule has 170 valence electrons. The van der Waals surface area contributed by atoms with Crippen molar-refractivity contribution in [3.63, 3.8) is 0 Å². The van der Waals surface area contributed by atoms with Gasteiger partial charge in [-0.05, 0) is 59.7 Å². The van der Waals surface area contributed by atoms with E-state index in [0.29, 0.717) is 22.3 Å². The first-order valence-corrected chi connectivity index (χ1v) is 9.86. The molecule has 11 nitrogen and oxygen atoms in total. The lowest BCUT2D eigenvalue weighted by Crippen LogP contribution is -2.16. The van der Waals surface area contributed by atoms with Gasteiger partial charge in [0.15, 0.2) is 5.76 Å². The smallest absolute Gasteiger partial charge is 0.307 e. The van der Waals surface area contributed by atoms with E-state index in [2.05, 4.69) is 10.5 Å². The molecule has 0 unspecified atom stereocenters. The minimum atomic E-state index is -0.599. The molecule has 3 aromatic carbocycles. The van der Waals surface area contributed by atoms with Crippen molar-refractivity contribution in [1.82, 2.24) is 5.43 Å². The van der Waals surface area contributed by atoms with Crippen molar-refractivity contribution in [3.05, 3.63) is 110 Å². The van der Waals surface area contributed by atoms with E-state index in [1.165, 1.54) is 42.6 Å². The summed E-state index contributed by atoms with van der Waals surface area (Å²) in [5, 5.41) is 25.9. The van der Waals surface area contributed by atoms with Gasteiger partial charge in [-0.3, -0.25) is 25.0 Å². The van der Waals surface area contributed by atoms with Crippen molar-refractivity contribution in [2.24, 2.45) is 5.10 Å². The van der Waals surface area contributed by atoms with E-state index in [1.807, 2.05) is 0 Å². The van der Waals surface area contributed by atoms with Crippen LogP contribution in [-0.2, 0) is 6.61 Å². The number of nitrogens with zero attached hydrogens (tertiary/aromatic N) is 3. The largest absolute Gasteiger partial charge is 0.489 e. The maximum Gasteiger partial charge on any atom is 0.307 e.